The summed E-state index contributed by atoms with van der Waals surface area (Å²) in [7, 11) is 0. The molecule has 1 aliphatic rings. The van der Waals surface area contributed by atoms with Gasteiger partial charge in [-0.15, -0.1) is 0 Å². The molecule has 1 atom stereocenters. The average Bonchev–Trinajstić information content (AvgIpc) is 2.76. The summed E-state index contributed by atoms with van der Waals surface area (Å²) in [5.41, 5.74) is 7.55. The smallest absolute Gasteiger partial charge is 0.404 e. The first kappa shape index (κ1) is 11.6. The predicted molar refractivity (Wildman–Crippen MR) is 67.2 cm³/mol. The van der Waals surface area contributed by atoms with Crippen molar-refractivity contribution in [1.82, 2.24) is 5.32 Å². The third kappa shape index (κ3) is 3.03. The van der Waals surface area contributed by atoms with E-state index in [9.17, 15) is 4.79 Å². The van der Waals surface area contributed by atoms with Gasteiger partial charge < -0.3 is 21.1 Å². The lowest BCUT2D eigenvalue weighted by Gasteiger charge is -2.18. The van der Waals surface area contributed by atoms with E-state index in [0.29, 0.717) is 12.5 Å². The predicted octanol–water partition coefficient (Wildman–Crippen LogP) is 1.36. The number of nitrogens with two attached hydrogens (primary N) is 1. The Kier molecular flexibility index (Phi) is 3.37. The molecule has 1 heterocycles. The lowest BCUT2D eigenvalue weighted by atomic mass is 10.1. The number of rotatable bonds is 3. The van der Waals surface area contributed by atoms with E-state index in [2.05, 4.69) is 10.2 Å². The summed E-state index contributed by atoms with van der Waals surface area (Å²) in [6.07, 6.45) is 0.0703. The van der Waals surface area contributed by atoms with Crippen LogP contribution in [0, 0.1) is 5.92 Å². The van der Waals surface area contributed by atoms with Gasteiger partial charge in [0.15, 0.2) is 0 Å². The van der Waals surface area contributed by atoms with Gasteiger partial charge in [-0.2, -0.15) is 0 Å². The molecule has 1 aromatic rings. The maximum Gasteiger partial charge on any atom is 0.404 e. The number of anilines is 2. The topological polar surface area (TPSA) is 78.6 Å². The molecule has 5 heteroatoms. The Morgan fingerprint density at radius 3 is 2.82 bits per heavy atom. The normalized spacial score (nSPS) is 19.3. The van der Waals surface area contributed by atoms with E-state index in [0.717, 1.165) is 30.9 Å². The van der Waals surface area contributed by atoms with Crippen LogP contribution in [0.2, 0.25) is 0 Å². The van der Waals surface area contributed by atoms with Crippen LogP contribution >= 0.6 is 0 Å². The van der Waals surface area contributed by atoms with Gasteiger partial charge in [0, 0.05) is 31.0 Å². The van der Waals surface area contributed by atoms with Crippen LogP contribution in [0.1, 0.15) is 6.42 Å². The lowest BCUT2D eigenvalue weighted by molar-refractivity contribution is 0.192. The van der Waals surface area contributed by atoms with Gasteiger partial charge in [0.25, 0.3) is 0 Å². The molecule has 5 nitrogen and oxygen atoms in total. The summed E-state index contributed by atoms with van der Waals surface area (Å²) in [6.45, 7) is 2.39. The Hall–Kier alpha value is -1.91. The highest BCUT2D eigenvalue weighted by atomic mass is 16.4. The molecule has 17 heavy (non-hydrogen) atoms. The van der Waals surface area contributed by atoms with E-state index in [-0.39, 0.29) is 0 Å². The third-order valence-electron chi connectivity index (χ3n) is 3.09. The minimum atomic E-state index is -0.948. The molecule has 1 saturated heterocycles. The molecule has 2 rings (SSSR count). The summed E-state index contributed by atoms with van der Waals surface area (Å²) < 4.78 is 0. The van der Waals surface area contributed by atoms with Gasteiger partial charge in [-0.25, -0.2) is 4.79 Å². The molecule has 1 amide bonds. The minimum Gasteiger partial charge on any atom is -0.465 e. The number of carboxylic acid groups (broad SMARTS) is 1. The van der Waals surface area contributed by atoms with Gasteiger partial charge in [0.2, 0.25) is 0 Å². The monoisotopic (exact) mass is 235 g/mol. The molecule has 1 aromatic carbocycles. The highest BCUT2D eigenvalue weighted by Crippen LogP contribution is 2.24. The van der Waals surface area contributed by atoms with Gasteiger partial charge >= 0.3 is 6.09 Å². The highest BCUT2D eigenvalue weighted by molar-refractivity contribution is 5.64. The summed E-state index contributed by atoms with van der Waals surface area (Å²) >= 11 is 0. The SMILES string of the molecule is Nc1ccc(N2CCC(CNC(=O)O)C2)cc1. The molecule has 4 N–H and O–H groups in total. The largest absolute Gasteiger partial charge is 0.465 e. The third-order valence-corrected chi connectivity index (χ3v) is 3.09. The van der Waals surface area contributed by atoms with Crippen LogP contribution in [0.25, 0.3) is 0 Å². The van der Waals surface area contributed by atoms with E-state index >= 15 is 0 Å². The fourth-order valence-corrected chi connectivity index (χ4v) is 2.15. The number of hydrogen-bond donors (Lipinski definition) is 3. The molecule has 0 bridgehead atoms. The molecule has 0 aliphatic carbocycles. The average molecular weight is 235 g/mol. The van der Waals surface area contributed by atoms with Crippen molar-refractivity contribution in [2.24, 2.45) is 5.92 Å². The molecular formula is C12H17N3O2. The van der Waals surface area contributed by atoms with Crippen LogP contribution in [0.15, 0.2) is 24.3 Å². The second kappa shape index (κ2) is 4.95. The van der Waals surface area contributed by atoms with Crippen molar-refractivity contribution in [3.8, 4) is 0 Å². The summed E-state index contributed by atoms with van der Waals surface area (Å²) in [5.74, 6) is 0.392. The molecule has 1 aliphatic heterocycles. The Morgan fingerprint density at radius 1 is 1.47 bits per heavy atom. The van der Waals surface area contributed by atoms with Crippen molar-refractivity contribution in [3.63, 3.8) is 0 Å². The first-order valence-corrected chi connectivity index (χ1v) is 5.72. The van der Waals surface area contributed by atoms with E-state index in [1.165, 1.54) is 0 Å². The first-order valence-electron chi connectivity index (χ1n) is 5.72. The van der Waals surface area contributed by atoms with E-state index in [1.807, 2.05) is 24.3 Å². The summed E-state index contributed by atoms with van der Waals surface area (Å²) in [5, 5.41) is 11.0. The fourth-order valence-electron chi connectivity index (χ4n) is 2.15. The van der Waals surface area contributed by atoms with Crippen molar-refractivity contribution in [2.75, 3.05) is 30.3 Å². The maximum absolute atomic E-state index is 10.4. The number of amides is 1. The fraction of sp³-hybridized carbons (Fsp3) is 0.417. The van der Waals surface area contributed by atoms with Crippen LogP contribution in [-0.4, -0.2) is 30.8 Å². The molecular weight excluding hydrogens is 218 g/mol. The number of nitrogen functional groups attached to an aromatic ring is 1. The second-order valence-corrected chi connectivity index (χ2v) is 4.38. The van der Waals surface area contributed by atoms with Crippen LogP contribution in [0.4, 0.5) is 16.2 Å². The van der Waals surface area contributed by atoms with Crippen molar-refractivity contribution in [2.45, 2.75) is 6.42 Å². The standard InChI is InChI=1S/C12H17N3O2/c13-10-1-3-11(4-2-10)15-6-5-9(8-15)7-14-12(16)17/h1-4,9,14H,5-8,13H2,(H,16,17). The van der Waals surface area contributed by atoms with Crippen LogP contribution < -0.4 is 16.0 Å². The maximum atomic E-state index is 10.4. The minimum absolute atomic E-state index is 0.392. The van der Waals surface area contributed by atoms with Crippen LogP contribution in [0.5, 0.6) is 0 Å². The van der Waals surface area contributed by atoms with E-state index in [4.69, 9.17) is 10.8 Å². The van der Waals surface area contributed by atoms with Crippen molar-refractivity contribution < 1.29 is 9.90 Å². The Balaban J connectivity index is 1.89. The number of nitrogens with zero attached hydrogens (tertiary/aromatic N) is 1. The molecule has 92 valence electrons. The Labute approximate surface area is 100 Å². The van der Waals surface area contributed by atoms with Gasteiger partial charge in [-0.3, -0.25) is 0 Å². The van der Waals surface area contributed by atoms with Crippen LogP contribution in [0.3, 0.4) is 0 Å². The number of carbonyl (C=O) groups is 1. The first-order chi connectivity index (χ1) is 8.15. The van der Waals surface area contributed by atoms with E-state index < -0.39 is 6.09 Å². The van der Waals surface area contributed by atoms with Gasteiger partial charge in [0.05, 0.1) is 0 Å². The van der Waals surface area contributed by atoms with Crippen molar-refractivity contribution in [1.29, 1.82) is 0 Å². The van der Waals surface area contributed by atoms with Gasteiger partial charge in [-0.1, -0.05) is 0 Å². The Bertz CT molecular complexity index is 391. The summed E-state index contributed by atoms with van der Waals surface area (Å²) in [4.78, 5) is 12.7. The zero-order chi connectivity index (χ0) is 12.3. The van der Waals surface area contributed by atoms with Gasteiger partial charge in [0.1, 0.15) is 0 Å². The van der Waals surface area contributed by atoms with Crippen molar-refractivity contribution in [3.05, 3.63) is 24.3 Å². The Morgan fingerprint density at radius 2 is 2.18 bits per heavy atom. The van der Waals surface area contributed by atoms with Crippen molar-refractivity contribution >= 4 is 17.5 Å². The molecule has 1 unspecified atom stereocenters. The second-order valence-electron chi connectivity index (χ2n) is 4.38. The number of benzene rings is 1. The highest BCUT2D eigenvalue weighted by Gasteiger charge is 2.22. The molecule has 0 saturated carbocycles. The molecule has 0 aromatic heterocycles. The summed E-state index contributed by atoms with van der Waals surface area (Å²) in [6, 6.07) is 7.78. The molecule has 0 radical (unpaired) electrons. The molecule has 0 spiro atoms. The number of nitrogens with one attached hydrogen (secondary N) is 1. The van der Waals surface area contributed by atoms with Gasteiger partial charge in [-0.05, 0) is 36.6 Å². The zero-order valence-corrected chi connectivity index (χ0v) is 9.60. The zero-order valence-electron chi connectivity index (χ0n) is 9.60. The lowest BCUT2D eigenvalue weighted by Crippen LogP contribution is -2.29. The quantitative estimate of drug-likeness (QED) is 0.691. The molecule has 1 fully saturated rings. The number of hydrogen-bond acceptors (Lipinski definition) is 3. The van der Waals surface area contributed by atoms with Crippen LogP contribution in [-0.2, 0) is 0 Å². The van der Waals surface area contributed by atoms with E-state index in [1.54, 1.807) is 0 Å².